The number of aryl methyl sites for hydroxylation is 2. The lowest BCUT2D eigenvalue weighted by molar-refractivity contribution is -0.697. The molecule has 0 radical (unpaired) electrons. The minimum absolute atomic E-state index is 0.307. The van der Waals surface area contributed by atoms with Gasteiger partial charge in [-0.05, 0) is 20.3 Å². The van der Waals surface area contributed by atoms with Crippen molar-refractivity contribution < 1.29 is 17.5 Å². The fraction of sp³-hybridized carbons (Fsp3) is 0.438. The van der Waals surface area contributed by atoms with E-state index in [1.165, 1.54) is 10.6 Å². The van der Waals surface area contributed by atoms with Crippen molar-refractivity contribution in [1.29, 1.82) is 0 Å². The number of rotatable bonds is 7. The maximum atomic E-state index is 10.5. The Morgan fingerprint density at radius 3 is 2.52 bits per heavy atom. The third-order valence-electron chi connectivity index (χ3n) is 3.87. The minimum Gasteiger partial charge on any atom is -0.748 e. The Balaban J connectivity index is 1.92. The van der Waals surface area contributed by atoms with Crippen LogP contribution in [0.2, 0.25) is 0 Å². The maximum absolute atomic E-state index is 10.5. The molecule has 0 spiro atoms. The summed E-state index contributed by atoms with van der Waals surface area (Å²) >= 11 is 1.60. The highest BCUT2D eigenvalue weighted by atomic mass is 32.2. The molecule has 2 aromatic rings. The Kier molecular flexibility index (Phi) is 6.63. The van der Waals surface area contributed by atoms with Crippen molar-refractivity contribution in [3.8, 4) is 0 Å². The summed E-state index contributed by atoms with van der Waals surface area (Å²) in [4.78, 5) is 2.08. The Labute approximate surface area is 151 Å². The smallest absolute Gasteiger partial charge is 0.210 e. The van der Waals surface area contributed by atoms with Gasteiger partial charge in [0.05, 0.1) is 16.3 Å². The average molecular weight is 383 g/mol. The number of nitrogens with zero attached hydrogens (tertiary/aromatic N) is 4. The number of aromatic nitrogens is 2. The zero-order valence-electron chi connectivity index (χ0n) is 14.5. The van der Waals surface area contributed by atoms with Gasteiger partial charge in [0.2, 0.25) is 4.80 Å². The summed E-state index contributed by atoms with van der Waals surface area (Å²) in [7, 11) is -2.14. The largest absolute Gasteiger partial charge is 0.748 e. The molecule has 0 aliphatic heterocycles. The molecule has 0 aromatic carbocycles. The molecule has 0 amide bonds. The second-order valence-electron chi connectivity index (χ2n) is 5.77. The van der Waals surface area contributed by atoms with Gasteiger partial charge in [0, 0.05) is 47.5 Å². The molecular formula is C16H22N4O3S2. The lowest BCUT2D eigenvalue weighted by atomic mass is 10.3. The lowest BCUT2D eigenvalue weighted by Gasteiger charge is -2.04. The summed E-state index contributed by atoms with van der Waals surface area (Å²) in [6.45, 7) is 4.78. The molecule has 2 aromatic heterocycles. The van der Waals surface area contributed by atoms with Gasteiger partial charge in [-0.25, -0.2) is 13.0 Å². The van der Waals surface area contributed by atoms with Crippen molar-refractivity contribution in [1.82, 2.24) is 4.57 Å². The van der Waals surface area contributed by atoms with Gasteiger partial charge in [-0.3, -0.25) is 0 Å². The van der Waals surface area contributed by atoms with Gasteiger partial charge in [0.15, 0.2) is 12.4 Å². The first-order valence-electron chi connectivity index (χ1n) is 7.89. The molecule has 25 heavy (non-hydrogen) atoms. The summed E-state index contributed by atoms with van der Waals surface area (Å²) in [5.41, 5.74) is 2.11. The van der Waals surface area contributed by atoms with E-state index in [2.05, 4.69) is 24.1 Å². The molecule has 0 fully saturated rings. The molecule has 0 aliphatic carbocycles. The molecule has 0 saturated heterocycles. The summed E-state index contributed by atoms with van der Waals surface area (Å²) < 4.78 is 35.6. The lowest BCUT2D eigenvalue weighted by Crippen LogP contribution is -2.32. The number of hydrogen-bond acceptors (Lipinski definition) is 6. The molecule has 2 heterocycles. The van der Waals surface area contributed by atoms with Gasteiger partial charge < -0.3 is 9.12 Å². The maximum Gasteiger partial charge on any atom is 0.210 e. The highest BCUT2D eigenvalue weighted by molar-refractivity contribution is 7.85. The fourth-order valence-corrected chi connectivity index (χ4v) is 3.65. The van der Waals surface area contributed by atoms with Crippen molar-refractivity contribution in [2.24, 2.45) is 17.3 Å². The second-order valence-corrected chi connectivity index (χ2v) is 8.47. The van der Waals surface area contributed by atoms with Crippen molar-refractivity contribution in [3.05, 3.63) is 45.5 Å². The Bertz CT molecular complexity index is 910. The van der Waals surface area contributed by atoms with Crippen molar-refractivity contribution in [3.63, 3.8) is 0 Å². The molecule has 0 unspecified atom stereocenters. The van der Waals surface area contributed by atoms with E-state index in [1.807, 2.05) is 40.7 Å². The first kappa shape index (κ1) is 19.5. The van der Waals surface area contributed by atoms with Crippen LogP contribution in [0.3, 0.4) is 0 Å². The molecule has 136 valence electrons. The van der Waals surface area contributed by atoms with Crippen LogP contribution < -0.4 is 9.37 Å². The third-order valence-corrected chi connectivity index (χ3v) is 5.80. The SMILES string of the molecule is Cc1sc(=NN=Cc2cc[n+](CCCCS(=O)(=O)[O-])cc2)n(C)c1C. The molecule has 0 atom stereocenters. The molecule has 0 aliphatic rings. The molecule has 0 N–H and O–H groups in total. The molecule has 0 saturated carbocycles. The first-order chi connectivity index (χ1) is 11.8. The zero-order chi connectivity index (χ0) is 18.4. The monoisotopic (exact) mass is 382 g/mol. The number of hydrogen-bond donors (Lipinski definition) is 0. The topological polar surface area (TPSA) is 90.7 Å². The molecule has 0 bridgehead atoms. The standard InChI is InChI=1S/C16H22N4O3S2/c1-13-14(2)24-16(19(13)3)18-17-12-15-6-9-20(10-7-15)8-4-5-11-25(21,22)23/h6-7,9-10,12H,4-5,8,11H2,1-3H3. The second kappa shape index (κ2) is 8.50. The molecule has 2 rings (SSSR count). The van der Waals surface area contributed by atoms with Gasteiger partial charge in [-0.1, -0.05) is 0 Å². The van der Waals surface area contributed by atoms with E-state index in [0.29, 0.717) is 19.4 Å². The van der Waals surface area contributed by atoms with E-state index < -0.39 is 10.1 Å². The van der Waals surface area contributed by atoms with Crippen LogP contribution in [0.1, 0.15) is 29.0 Å². The summed E-state index contributed by atoms with van der Waals surface area (Å²) in [6, 6.07) is 3.82. The molecule has 9 heteroatoms. The predicted molar refractivity (Wildman–Crippen MR) is 96.4 cm³/mol. The Morgan fingerprint density at radius 2 is 1.96 bits per heavy atom. The quantitative estimate of drug-likeness (QED) is 0.237. The van der Waals surface area contributed by atoms with Crippen LogP contribution in [0.5, 0.6) is 0 Å². The summed E-state index contributed by atoms with van der Waals surface area (Å²) in [6.07, 6.45) is 6.50. The first-order valence-corrected chi connectivity index (χ1v) is 10.3. The Morgan fingerprint density at radius 1 is 1.28 bits per heavy atom. The third kappa shape index (κ3) is 6.18. The van der Waals surface area contributed by atoms with Crippen molar-refractivity contribution in [2.75, 3.05) is 5.75 Å². The number of pyridine rings is 1. The van der Waals surface area contributed by atoms with E-state index >= 15 is 0 Å². The number of thiazole rings is 1. The van der Waals surface area contributed by atoms with Gasteiger partial charge in [-0.15, -0.1) is 16.4 Å². The average Bonchev–Trinajstić information content (AvgIpc) is 2.79. The summed E-state index contributed by atoms with van der Waals surface area (Å²) in [5, 5.41) is 8.38. The van der Waals surface area contributed by atoms with Gasteiger partial charge in [-0.2, -0.15) is 5.10 Å². The van der Waals surface area contributed by atoms with Crippen LogP contribution in [0.15, 0.2) is 34.7 Å². The highest BCUT2D eigenvalue weighted by Crippen LogP contribution is 2.07. The predicted octanol–water partition coefficient (Wildman–Crippen LogP) is 1.25. The molecular weight excluding hydrogens is 360 g/mol. The van der Waals surface area contributed by atoms with Gasteiger partial charge in [0.25, 0.3) is 0 Å². The minimum atomic E-state index is -4.11. The van der Waals surface area contributed by atoms with E-state index in [4.69, 9.17) is 0 Å². The number of unbranched alkanes of at least 4 members (excludes halogenated alkanes) is 1. The summed E-state index contributed by atoms with van der Waals surface area (Å²) in [5.74, 6) is -0.307. The zero-order valence-corrected chi connectivity index (χ0v) is 16.2. The van der Waals surface area contributed by atoms with Crippen LogP contribution in [-0.2, 0) is 23.7 Å². The van der Waals surface area contributed by atoms with E-state index in [9.17, 15) is 13.0 Å². The van der Waals surface area contributed by atoms with E-state index in [-0.39, 0.29) is 5.75 Å². The van der Waals surface area contributed by atoms with Crippen LogP contribution in [0.4, 0.5) is 0 Å². The van der Waals surface area contributed by atoms with Crippen LogP contribution in [0, 0.1) is 13.8 Å². The van der Waals surface area contributed by atoms with Crippen molar-refractivity contribution >= 4 is 27.7 Å². The van der Waals surface area contributed by atoms with Crippen molar-refractivity contribution in [2.45, 2.75) is 33.2 Å². The highest BCUT2D eigenvalue weighted by Gasteiger charge is 2.02. The fourth-order valence-electron chi connectivity index (χ4n) is 2.17. The van der Waals surface area contributed by atoms with Gasteiger partial charge >= 0.3 is 0 Å². The van der Waals surface area contributed by atoms with E-state index in [0.717, 1.165) is 10.4 Å². The molecule has 7 nitrogen and oxygen atoms in total. The van der Waals surface area contributed by atoms with Crippen LogP contribution >= 0.6 is 11.3 Å². The Hall–Kier alpha value is -1.84. The normalized spacial score (nSPS) is 13.0. The van der Waals surface area contributed by atoms with Crippen LogP contribution in [-0.4, -0.2) is 29.5 Å². The van der Waals surface area contributed by atoms with E-state index in [1.54, 1.807) is 17.6 Å². The van der Waals surface area contributed by atoms with Gasteiger partial charge in [0.1, 0.15) is 6.54 Å². The van der Waals surface area contributed by atoms with Crippen LogP contribution in [0.25, 0.3) is 0 Å².